The Morgan fingerprint density at radius 1 is 1.22 bits per heavy atom. The highest BCUT2D eigenvalue weighted by Crippen LogP contribution is 2.29. The molecule has 1 atom stereocenters. The fraction of sp³-hybridized carbons (Fsp3) is 0.400. The van der Waals surface area contributed by atoms with Gasteiger partial charge in [-0.1, -0.05) is 30.3 Å². The van der Waals surface area contributed by atoms with E-state index in [1.807, 2.05) is 35.0 Å². The Kier molecular flexibility index (Phi) is 5.11. The summed E-state index contributed by atoms with van der Waals surface area (Å²) in [6, 6.07) is 9.76. The summed E-state index contributed by atoms with van der Waals surface area (Å²) >= 11 is 0. The summed E-state index contributed by atoms with van der Waals surface area (Å²) in [6.07, 6.45) is 4.89. The lowest BCUT2D eigenvalue weighted by Gasteiger charge is -2.08. The highest BCUT2D eigenvalue weighted by atomic mass is 16.1. The van der Waals surface area contributed by atoms with Gasteiger partial charge in [-0.15, -0.1) is 0 Å². The summed E-state index contributed by atoms with van der Waals surface area (Å²) in [5.41, 5.74) is 3.71. The molecule has 4 rings (SSSR count). The molecule has 1 aliphatic rings. The summed E-state index contributed by atoms with van der Waals surface area (Å²) in [7, 11) is 2.13. The van der Waals surface area contributed by atoms with E-state index < -0.39 is 0 Å². The third-order valence-corrected chi connectivity index (χ3v) is 5.03. The van der Waals surface area contributed by atoms with Crippen molar-refractivity contribution < 1.29 is 4.79 Å². The largest absolute Gasteiger partial charge is 0.354 e. The Morgan fingerprint density at radius 3 is 2.81 bits per heavy atom. The van der Waals surface area contributed by atoms with Crippen LogP contribution in [0, 0.1) is 0 Å². The molecule has 3 heterocycles. The van der Waals surface area contributed by atoms with Crippen LogP contribution in [-0.4, -0.2) is 57.2 Å². The third kappa shape index (κ3) is 3.98. The maximum Gasteiger partial charge on any atom is 0.224 e. The third-order valence-electron chi connectivity index (χ3n) is 5.03. The van der Waals surface area contributed by atoms with E-state index in [9.17, 15) is 4.79 Å². The van der Waals surface area contributed by atoms with Crippen molar-refractivity contribution in [2.24, 2.45) is 0 Å². The first-order chi connectivity index (χ1) is 13.2. The highest BCUT2D eigenvalue weighted by molar-refractivity contribution is 5.78. The van der Waals surface area contributed by atoms with Gasteiger partial charge < -0.3 is 10.2 Å². The van der Waals surface area contributed by atoms with Gasteiger partial charge >= 0.3 is 0 Å². The average molecular weight is 364 g/mol. The van der Waals surface area contributed by atoms with Gasteiger partial charge in [0.05, 0.1) is 18.7 Å². The number of benzene rings is 1. The van der Waals surface area contributed by atoms with Crippen molar-refractivity contribution in [3.8, 4) is 0 Å². The minimum atomic E-state index is 0.0152. The number of carbonyl (C=O) groups excluding carboxylic acids is 1. The molecule has 0 unspecified atom stereocenters. The van der Waals surface area contributed by atoms with E-state index in [1.165, 1.54) is 0 Å². The van der Waals surface area contributed by atoms with Crippen LogP contribution in [0.2, 0.25) is 0 Å². The first-order valence-electron chi connectivity index (χ1n) is 9.37. The number of amides is 1. The van der Waals surface area contributed by atoms with Gasteiger partial charge in [-0.25, -0.2) is 14.6 Å². The molecule has 27 heavy (non-hydrogen) atoms. The smallest absolute Gasteiger partial charge is 0.224 e. The van der Waals surface area contributed by atoms with Gasteiger partial charge in [-0.2, -0.15) is 5.10 Å². The van der Waals surface area contributed by atoms with Crippen molar-refractivity contribution in [1.29, 1.82) is 0 Å². The fourth-order valence-electron chi connectivity index (χ4n) is 3.66. The summed E-state index contributed by atoms with van der Waals surface area (Å²) in [5.74, 6) is 0.407. The van der Waals surface area contributed by atoms with E-state index in [4.69, 9.17) is 5.10 Å². The van der Waals surface area contributed by atoms with Crippen molar-refractivity contribution in [3.63, 3.8) is 0 Å². The van der Waals surface area contributed by atoms with Crippen LogP contribution in [0.25, 0.3) is 11.2 Å². The van der Waals surface area contributed by atoms with E-state index in [0.717, 1.165) is 41.9 Å². The first-order valence-corrected chi connectivity index (χ1v) is 9.37. The van der Waals surface area contributed by atoms with Crippen molar-refractivity contribution in [2.75, 3.05) is 26.7 Å². The molecule has 1 fully saturated rings. The molecule has 140 valence electrons. The van der Waals surface area contributed by atoms with E-state index in [2.05, 4.69) is 27.2 Å². The number of likely N-dealkylation sites (N-methyl/N-ethyl adjacent to an activating group) is 1. The molecule has 7 heteroatoms. The summed E-state index contributed by atoms with van der Waals surface area (Å²) < 4.78 is 1.87. The molecule has 1 amide bonds. The summed E-state index contributed by atoms with van der Waals surface area (Å²) in [6.45, 7) is 3.17. The van der Waals surface area contributed by atoms with E-state index in [1.54, 1.807) is 12.4 Å². The predicted molar refractivity (Wildman–Crippen MR) is 103 cm³/mol. The molecule has 0 aliphatic carbocycles. The molecule has 0 bridgehead atoms. The number of fused-ring (bicyclic) bond motifs is 1. The summed E-state index contributed by atoms with van der Waals surface area (Å²) in [4.78, 5) is 23.4. The van der Waals surface area contributed by atoms with E-state index in [0.29, 0.717) is 25.4 Å². The van der Waals surface area contributed by atoms with E-state index in [-0.39, 0.29) is 5.91 Å². The maximum absolute atomic E-state index is 12.1. The number of rotatable bonds is 6. The number of hydrogen-bond donors (Lipinski definition) is 1. The zero-order valence-electron chi connectivity index (χ0n) is 15.5. The lowest BCUT2D eigenvalue weighted by Crippen LogP contribution is -2.29. The molecule has 1 aromatic carbocycles. The van der Waals surface area contributed by atoms with Crippen LogP contribution in [0.15, 0.2) is 42.7 Å². The van der Waals surface area contributed by atoms with Gasteiger partial charge in [-0.05, 0) is 25.6 Å². The Labute approximate surface area is 158 Å². The molecule has 7 nitrogen and oxygen atoms in total. The second-order valence-corrected chi connectivity index (χ2v) is 7.10. The topological polar surface area (TPSA) is 75.9 Å². The van der Waals surface area contributed by atoms with Crippen molar-refractivity contribution >= 4 is 17.1 Å². The zero-order valence-corrected chi connectivity index (χ0v) is 15.5. The van der Waals surface area contributed by atoms with Crippen LogP contribution in [-0.2, 0) is 17.8 Å². The summed E-state index contributed by atoms with van der Waals surface area (Å²) in [5, 5.41) is 7.77. The SMILES string of the molecule is CN1CC[C@@H](c2nn(CCNC(=O)Cc3ccccc3)c3nccnc23)C1. The Bertz CT molecular complexity index is 923. The Morgan fingerprint density at radius 2 is 2.04 bits per heavy atom. The molecular formula is C20H24N6O. The number of aromatic nitrogens is 4. The monoisotopic (exact) mass is 364 g/mol. The van der Waals surface area contributed by atoms with Gasteiger partial charge in [0.2, 0.25) is 5.91 Å². The Hall–Kier alpha value is -2.80. The second-order valence-electron chi connectivity index (χ2n) is 7.10. The molecule has 2 aromatic heterocycles. The molecule has 0 saturated carbocycles. The van der Waals surface area contributed by atoms with Crippen LogP contribution in [0.4, 0.5) is 0 Å². The number of carbonyl (C=O) groups is 1. The van der Waals surface area contributed by atoms with Crippen LogP contribution in [0.1, 0.15) is 23.6 Å². The number of likely N-dealkylation sites (tertiary alicyclic amines) is 1. The van der Waals surface area contributed by atoms with Gasteiger partial charge in [-0.3, -0.25) is 4.79 Å². The van der Waals surface area contributed by atoms with Crippen molar-refractivity contribution in [3.05, 3.63) is 54.0 Å². The number of nitrogens with zero attached hydrogens (tertiary/aromatic N) is 5. The molecule has 1 aliphatic heterocycles. The van der Waals surface area contributed by atoms with Crippen LogP contribution in [0.5, 0.6) is 0 Å². The van der Waals surface area contributed by atoms with Crippen LogP contribution < -0.4 is 5.32 Å². The minimum absolute atomic E-state index is 0.0152. The molecule has 3 aromatic rings. The molecule has 1 saturated heterocycles. The van der Waals surface area contributed by atoms with Crippen LogP contribution in [0.3, 0.4) is 0 Å². The quantitative estimate of drug-likeness (QED) is 0.719. The van der Waals surface area contributed by atoms with Crippen molar-refractivity contribution in [1.82, 2.24) is 30.0 Å². The average Bonchev–Trinajstić information content (AvgIpc) is 3.26. The van der Waals surface area contributed by atoms with Gasteiger partial charge in [0.15, 0.2) is 5.65 Å². The molecule has 0 radical (unpaired) electrons. The normalized spacial score (nSPS) is 17.4. The lowest BCUT2D eigenvalue weighted by atomic mass is 10.0. The highest BCUT2D eigenvalue weighted by Gasteiger charge is 2.27. The van der Waals surface area contributed by atoms with Crippen molar-refractivity contribution in [2.45, 2.75) is 25.3 Å². The van der Waals surface area contributed by atoms with Gasteiger partial charge in [0.25, 0.3) is 0 Å². The maximum atomic E-state index is 12.1. The first kappa shape index (κ1) is 17.6. The molecular weight excluding hydrogens is 340 g/mol. The predicted octanol–water partition coefficient (Wildman–Crippen LogP) is 1.60. The van der Waals surface area contributed by atoms with E-state index >= 15 is 0 Å². The molecule has 1 N–H and O–H groups in total. The molecule has 0 spiro atoms. The lowest BCUT2D eigenvalue weighted by molar-refractivity contribution is -0.120. The van der Waals surface area contributed by atoms with Gasteiger partial charge in [0.1, 0.15) is 5.52 Å². The fourth-order valence-corrected chi connectivity index (χ4v) is 3.66. The Balaban J connectivity index is 1.42. The van der Waals surface area contributed by atoms with Gasteiger partial charge in [0, 0.05) is 31.4 Å². The minimum Gasteiger partial charge on any atom is -0.354 e. The zero-order chi connectivity index (χ0) is 18.6. The standard InChI is InChI=1S/C20H24N6O/c1-25-11-7-16(14-25)18-19-20(23-9-8-22-19)26(24-18)12-10-21-17(27)13-15-5-3-2-4-6-15/h2-6,8-9,16H,7,10-14H2,1H3,(H,21,27)/t16-/m1/s1. The van der Waals surface area contributed by atoms with Crippen LogP contribution >= 0.6 is 0 Å². The number of nitrogens with one attached hydrogen (secondary N) is 1. The second kappa shape index (κ2) is 7.84. The number of hydrogen-bond acceptors (Lipinski definition) is 5.